The van der Waals surface area contributed by atoms with Crippen LogP contribution in [0.25, 0.3) is 0 Å². The first-order valence-corrected chi connectivity index (χ1v) is 7.94. The van der Waals surface area contributed by atoms with Crippen LogP contribution in [-0.2, 0) is 21.0 Å². The van der Waals surface area contributed by atoms with Crippen molar-refractivity contribution in [3.8, 4) is 0 Å². The predicted octanol–water partition coefficient (Wildman–Crippen LogP) is 2.62. The summed E-state index contributed by atoms with van der Waals surface area (Å²) in [5.41, 5.74) is -1.70. The van der Waals surface area contributed by atoms with Crippen LogP contribution in [0.2, 0.25) is 0 Å². The van der Waals surface area contributed by atoms with E-state index in [0.29, 0.717) is 12.1 Å². The van der Waals surface area contributed by atoms with Crippen LogP contribution < -0.4 is 4.72 Å². The van der Waals surface area contributed by atoms with E-state index in [-0.39, 0.29) is 18.4 Å². The molecule has 0 aliphatic heterocycles. The van der Waals surface area contributed by atoms with Crippen molar-refractivity contribution >= 4 is 16.0 Å². The molecule has 1 rings (SSSR count). The van der Waals surface area contributed by atoms with Crippen LogP contribution in [0.5, 0.6) is 0 Å². The Bertz CT molecular complexity index is 686. The van der Waals surface area contributed by atoms with Gasteiger partial charge in [0.25, 0.3) is 0 Å². The van der Waals surface area contributed by atoms with E-state index >= 15 is 0 Å². The number of carboxylic acid groups (broad SMARTS) is 1. The average molecular weight is 357 g/mol. The van der Waals surface area contributed by atoms with Crippen LogP contribution in [0, 0.1) is 11.7 Å². The molecule has 0 fully saturated rings. The summed E-state index contributed by atoms with van der Waals surface area (Å²) in [7, 11) is -4.80. The minimum Gasteiger partial charge on any atom is -0.480 e. The number of benzene rings is 1. The molecule has 0 bridgehead atoms. The molecule has 0 spiro atoms. The van der Waals surface area contributed by atoms with Gasteiger partial charge in [-0.2, -0.15) is 17.9 Å². The number of carbonyl (C=O) groups is 1. The van der Waals surface area contributed by atoms with Crippen LogP contribution in [0.1, 0.15) is 25.8 Å². The summed E-state index contributed by atoms with van der Waals surface area (Å²) in [5, 5.41) is 9.00. The zero-order valence-electron chi connectivity index (χ0n) is 12.2. The molecular formula is C13H15F4NO4S. The summed E-state index contributed by atoms with van der Waals surface area (Å²) < 4.78 is 77.6. The number of rotatable bonds is 6. The molecule has 130 valence electrons. The highest BCUT2D eigenvalue weighted by Crippen LogP contribution is 2.34. The van der Waals surface area contributed by atoms with Gasteiger partial charge in [-0.25, -0.2) is 12.8 Å². The molecule has 10 heteroatoms. The van der Waals surface area contributed by atoms with E-state index in [1.54, 1.807) is 18.6 Å². The summed E-state index contributed by atoms with van der Waals surface area (Å²) in [5.74, 6) is -2.99. The molecule has 0 radical (unpaired) electrons. The third-order valence-corrected chi connectivity index (χ3v) is 4.37. The molecule has 5 nitrogen and oxygen atoms in total. The molecule has 0 aromatic heterocycles. The van der Waals surface area contributed by atoms with Crippen molar-refractivity contribution in [2.45, 2.75) is 37.4 Å². The van der Waals surface area contributed by atoms with E-state index in [4.69, 9.17) is 5.11 Å². The molecule has 0 aliphatic rings. The number of halogens is 4. The maximum absolute atomic E-state index is 13.0. The molecule has 1 aromatic carbocycles. The molecule has 0 amide bonds. The highest BCUT2D eigenvalue weighted by atomic mass is 32.2. The fourth-order valence-corrected chi connectivity index (χ4v) is 3.29. The van der Waals surface area contributed by atoms with E-state index in [0.717, 1.165) is 0 Å². The Labute approximate surface area is 130 Å². The molecular weight excluding hydrogens is 342 g/mol. The summed E-state index contributed by atoms with van der Waals surface area (Å²) >= 11 is 0. The van der Waals surface area contributed by atoms with Gasteiger partial charge in [0.15, 0.2) is 0 Å². The second-order valence-corrected chi connectivity index (χ2v) is 6.96. The van der Waals surface area contributed by atoms with Crippen LogP contribution in [0.15, 0.2) is 23.1 Å². The van der Waals surface area contributed by atoms with Gasteiger partial charge in [0.1, 0.15) is 11.9 Å². The fraction of sp³-hybridized carbons (Fsp3) is 0.462. The smallest absolute Gasteiger partial charge is 0.417 e. The fourth-order valence-electron chi connectivity index (χ4n) is 1.88. The third kappa shape index (κ3) is 5.17. The van der Waals surface area contributed by atoms with Crippen LogP contribution >= 0.6 is 0 Å². The molecule has 0 saturated heterocycles. The van der Waals surface area contributed by atoms with Crippen molar-refractivity contribution in [3.05, 3.63) is 29.6 Å². The molecule has 1 atom stereocenters. The number of sulfonamides is 1. The maximum atomic E-state index is 13.0. The Balaban J connectivity index is 3.31. The van der Waals surface area contributed by atoms with Crippen molar-refractivity contribution < 1.29 is 35.9 Å². The van der Waals surface area contributed by atoms with Crippen molar-refractivity contribution in [2.75, 3.05) is 0 Å². The monoisotopic (exact) mass is 357 g/mol. The van der Waals surface area contributed by atoms with Crippen LogP contribution in [-0.4, -0.2) is 25.5 Å². The van der Waals surface area contributed by atoms with Gasteiger partial charge in [0, 0.05) is 0 Å². The predicted molar refractivity (Wildman–Crippen MR) is 72.6 cm³/mol. The van der Waals surface area contributed by atoms with Gasteiger partial charge in [-0.1, -0.05) is 13.8 Å². The summed E-state index contributed by atoms with van der Waals surface area (Å²) in [6.45, 7) is 3.26. The van der Waals surface area contributed by atoms with Crippen molar-refractivity contribution in [2.24, 2.45) is 5.92 Å². The van der Waals surface area contributed by atoms with Crippen LogP contribution in [0.4, 0.5) is 17.6 Å². The van der Waals surface area contributed by atoms with Gasteiger partial charge >= 0.3 is 12.1 Å². The van der Waals surface area contributed by atoms with Crippen molar-refractivity contribution in [3.63, 3.8) is 0 Å². The molecule has 23 heavy (non-hydrogen) atoms. The highest BCUT2D eigenvalue weighted by molar-refractivity contribution is 7.89. The third-order valence-electron chi connectivity index (χ3n) is 2.84. The standard InChI is InChI=1S/C13H15F4NO4S/c1-7(2)5-10(12(19)20)18-23(21,22)11-4-3-8(14)6-9(11)13(15,16)17/h3-4,6-7,10,18H,5H2,1-2H3,(H,19,20)/t10-/m0/s1. The van der Waals surface area contributed by atoms with Crippen LogP contribution in [0.3, 0.4) is 0 Å². The molecule has 1 aromatic rings. The Hall–Kier alpha value is -1.68. The Morgan fingerprint density at radius 1 is 1.30 bits per heavy atom. The van der Waals surface area contributed by atoms with E-state index in [1.807, 2.05) is 0 Å². The van der Waals surface area contributed by atoms with Crippen molar-refractivity contribution in [1.82, 2.24) is 4.72 Å². The van der Waals surface area contributed by atoms with Gasteiger partial charge in [-0.05, 0) is 30.5 Å². The normalized spacial score (nSPS) is 14.0. The molecule has 0 saturated carbocycles. The summed E-state index contributed by atoms with van der Waals surface area (Å²) in [6, 6.07) is -0.532. The largest absolute Gasteiger partial charge is 0.480 e. The van der Waals surface area contributed by atoms with Gasteiger partial charge in [0.05, 0.1) is 10.5 Å². The SMILES string of the molecule is CC(C)C[C@H](NS(=O)(=O)c1ccc(F)cc1C(F)(F)F)C(=O)O. The minimum atomic E-state index is -5.11. The zero-order valence-corrected chi connectivity index (χ0v) is 13.0. The molecule has 0 unspecified atom stereocenters. The first-order valence-electron chi connectivity index (χ1n) is 6.46. The summed E-state index contributed by atoms with van der Waals surface area (Å²) in [6.07, 6.45) is -5.22. The lowest BCUT2D eigenvalue weighted by Gasteiger charge is -2.19. The number of carboxylic acids is 1. The maximum Gasteiger partial charge on any atom is 0.417 e. The Morgan fingerprint density at radius 2 is 1.87 bits per heavy atom. The van der Waals surface area contributed by atoms with Crippen molar-refractivity contribution in [1.29, 1.82) is 0 Å². The Kier molecular flexibility index (Phi) is 5.75. The summed E-state index contributed by atoms with van der Waals surface area (Å²) in [4.78, 5) is 9.85. The molecule has 0 heterocycles. The second kappa shape index (κ2) is 6.83. The lowest BCUT2D eigenvalue weighted by Crippen LogP contribution is -2.42. The highest BCUT2D eigenvalue weighted by Gasteiger charge is 2.38. The van der Waals surface area contributed by atoms with Gasteiger partial charge < -0.3 is 5.11 Å². The van der Waals surface area contributed by atoms with E-state index in [9.17, 15) is 30.8 Å². The Morgan fingerprint density at radius 3 is 2.30 bits per heavy atom. The second-order valence-electron chi connectivity index (χ2n) is 5.28. The number of aliphatic carboxylic acids is 1. The van der Waals surface area contributed by atoms with Gasteiger partial charge in [0.2, 0.25) is 10.0 Å². The number of hydrogen-bond donors (Lipinski definition) is 2. The van der Waals surface area contributed by atoms with E-state index < -0.39 is 44.5 Å². The van der Waals surface area contributed by atoms with E-state index in [1.165, 1.54) is 0 Å². The van der Waals surface area contributed by atoms with Gasteiger partial charge in [-0.15, -0.1) is 0 Å². The number of alkyl halides is 3. The number of hydrogen-bond acceptors (Lipinski definition) is 3. The topological polar surface area (TPSA) is 83.5 Å². The van der Waals surface area contributed by atoms with Gasteiger partial charge in [-0.3, -0.25) is 4.79 Å². The quantitative estimate of drug-likeness (QED) is 0.767. The number of nitrogens with one attached hydrogen (secondary N) is 1. The average Bonchev–Trinajstić information content (AvgIpc) is 2.35. The molecule has 0 aliphatic carbocycles. The zero-order chi connectivity index (χ0) is 18.0. The minimum absolute atomic E-state index is 0.0484. The lowest BCUT2D eigenvalue weighted by molar-refractivity contribution is -0.140. The van der Waals surface area contributed by atoms with E-state index in [2.05, 4.69) is 0 Å². The first kappa shape index (κ1) is 19.4. The molecule has 2 N–H and O–H groups in total. The lowest BCUT2D eigenvalue weighted by atomic mass is 10.1. The first-order chi connectivity index (χ1) is 10.3.